The van der Waals surface area contributed by atoms with Gasteiger partial charge in [-0.15, -0.1) is 0 Å². The minimum Gasteiger partial charge on any atom is -0.454 e. The van der Waals surface area contributed by atoms with Gasteiger partial charge in [0, 0.05) is 29.8 Å². The lowest BCUT2D eigenvalue weighted by atomic mass is 10.2. The van der Waals surface area contributed by atoms with Crippen molar-refractivity contribution in [2.45, 2.75) is 12.7 Å². The summed E-state index contributed by atoms with van der Waals surface area (Å²) in [5, 5.41) is 4.67. The van der Waals surface area contributed by atoms with Crippen LogP contribution >= 0.6 is 0 Å². The lowest BCUT2D eigenvalue weighted by Crippen LogP contribution is -2.44. The molecule has 1 aliphatic heterocycles. The number of alkyl halides is 3. The number of rotatable bonds is 6. The number of hydrogen-bond acceptors (Lipinski definition) is 5. The molecule has 3 heterocycles. The molecule has 0 aliphatic carbocycles. The maximum Gasteiger partial charge on any atom is 0.406 e. The molecule has 0 fully saturated rings. The highest BCUT2D eigenvalue weighted by atomic mass is 19.4. The summed E-state index contributed by atoms with van der Waals surface area (Å²) in [6.07, 6.45) is -2.00. The van der Waals surface area contributed by atoms with E-state index in [2.05, 4.69) is 15.6 Å². The van der Waals surface area contributed by atoms with Crippen molar-refractivity contribution in [3.8, 4) is 17.2 Å². The Labute approximate surface area is 227 Å². The molecule has 9 nitrogen and oxygen atoms in total. The first-order valence-corrected chi connectivity index (χ1v) is 11.9. The summed E-state index contributed by atoms with van der Waals surface area (Å²) in [4.78, 5) is 42.1. The Morgan fingerprint density at radius 1 is 1.02 bits per heavy atom. The number of nitrogens with zero attached hydrogens (tertiary/aromatic N) is 3. The van der Waals surface area contributed by atoms with Crippen molar-refractivity contribution in [1.82, 2.24) is 14.5 Å². The number of anilines is 2. The van der Waals surface area contributed by atoms with Crippen molar-refractivity contribution in [1.29, 1.82) is 0 Å². The number of carbonyl (C=O) groups is 2. The van der Waals surface area contributed by atoms with Gasteiger partial charge in [0.2, 0.25) is 0 Å². The Bertz CT molecular complexity index is 1710. The molecule has 0 saturated heterocycles. The fourth-order valence-electron chi connectivity index (χ4n) is 4.07. The molecular weight excluding hydrogens is 553 g/mol. The van der Waals surface area contributed by atoms with E-state index in [1.54, 1.807) is 0 Å². The largest absolute Gasteiger partial charge is 0.454 e. The summed E-state index contributed by atoms with van der Waals surface area (Å²) < 4.78 is 73.6. The topological polar surface area (TPSA) is 106 Å². The zero-order valence-electron chi connectivity index (χ0n) is 20.7. The third-order valence-corrected chi connectivity index (χ3v) is 5.95. The number of fused-ring (bicyclic) bond motifs is 1. The number of amides is 3. The van der Waals surface area contributed by atoms with E-state index in [0.29, 0.717) is 10.6 Å². The molecule has 4 aromatic rings. The monoisotopic (exact) mass is 571 g/mol. The van der Waals surface area contributed by atoms with Crippen molar-refractivity contribution in [2.75, 3.05) is 17.2 Å². The standard InChI is InChI=1S/C27H18F5N5O4/c28-15-3-6-17(7-4-15)37-11-1-2-18(25(37)39)24(38)34-16-5-8-22(20(29)12-16)41-21-9-10-33-23-19(21)13-36(26(40)35-23)14-27(30,31)32/h1-12H,13-14H2,(H,34,38)(H,33,35,40). The first kappa shape index (κ1) is 27.3. The van der Waals surface area contributed by atoms with Crippen LogP contribution in [-0.2, 0) is 6.54 Å². The summed E-state index contributed by atoms with van der Waals surface area (Å²) in [5.41, 5.74) is -0.526. The van der Waals surface area contributed by atoms with Gasteiger partial charge in [-0.05, 0) is 54.6 Å². The van der Waals surface area contributed by atoms with Gasteiger partial charge >= 0.3 is 12.2 Å². The number of carbonyl (C=O) groups excluding carboxylic acids is 2. The minimum absolute atomic E-state index is 0.0168. The van der Waals surface area contributed by atoms with Crippen molar-refractivity contribution in [3.05, 3.63) is 106 Å². The average molecular weight is 571 g/mol. The molecule has 2 aromatic heterocycles. The fraction of sp³-hybridized carbons (Fsp3) is 0.111. The summed E-state index contributed by atoms with van der Waals surface area (Å²) in [6, 6.07) is 11.5. The summed E-state index contributed by atoms with van der Waals surface area (Å²) in [6.45, 7) is -1.99. The van der Waals surface area contributed by atoms with E-state index in [0.717, 1.165) is 22.8 Å². The van der Waals surface area contributed by atoms with Crippen molar-refractivity contribution < 1.29 is 36.3 Å². The van der Waals surface area contributed by atoms with Gasteiger partial charge in [-0.1, -0.05) is 0 Å². The van der Waals surface area contributed by atoms with E-state index in [-0.39, 0.29) is 34.1 Å². The number of hydrogen-bond donors (Lipinski definition) is 2. The Balaban J connectivity index is 1.34. The lowest BCUT2D eigenvalue weighted by molar-refractivity contribution is -0.140. The first-order valence-electron chi connectivity index (χ1n) is 11.9. The van der Waals surface area contributed by atoms with Crippen LogP contribution < -0.4 is 20.9 Å². The Kier molecular flexibility index (Phi) is 7.13. The predicted octanol–water partition coefficient (Wildman–Crippen LogP) is 5.47. The molecule has 0 saturated carbocycles. The van der Waals surface area contributed by atoms with Crippen LogP contribution in [0.4, 0.5) is 38.3 Å². The van der Waals surface area contributed by atoms with Crippen molar-refractivity contribution in [3.63, 3.8) is 0 Å². The highest BCUT2D eigenvalue weighted by molar-refractivity contribution is 6.04. The second-order valence-electron chi connectivity index (χ2n) is 8.81. The number of ether oxygens (including phenoxy) is 1. The number of benzene rings is 2. The van der Waals surface area contributed by atoms with E-state index in [1.165, 1.54) is 54.9 Å². The molecule has 14 heteroatoms. The quantitative estimate of drug-likeness (QED) is 0.299. The van der Waals surface area contributed by atoms with Crippen LogP contribution in [-0.4, -0.2) is 39.1 Å². The smallest absolute Gasteiger partial charge is 0.406 e. The van der Waals surface area contributed by atoms with E-state index in [9.17, 15) is 36.3 Å². The fourth-order valence-corrected chi connectivity index (χ4v) is 4.07. The highest BCUT2D eigenvalue weighted by Gasteiger charge is 2.36. The first-order chi connectivity index (χ1) is 19.5. The molecule has 0 radical (unpaired) electrons. The van der Waals surface area contributed by atoms with E-state index >= 15 is 0 Å². The molecule has 41 heavy (non-hydrogen) atoms. The average Bonchev–Trinajstić information content (AvgIpc) is 2.91. The van der Waals surface area contributed by atoms with Crippen LogP contribution in [0.25, 0.3) is 5.69 Å². The predicted molar refractivity (Wildman–Crippen MR) is 136 cm³/mol. The van der Waals surface area contributed by atoms with Gasteiger partial charge < -0.3 is 15.0 Å². The van der Waals surface area contributed by atoms with Gasteiger partial charge in [-0.25, -0.2) is 18.6 Å². The summed E-state index contributed by atoms with van der Waals surface area (Å²) in [5.74, 6) is -2.65. The Morgan fingerprint density at radius 3 is 2.49 bits per heavy atom. The van der Waals surface area contributed by atoms with E-state index in [4.69, 9.17) is 4.74 Å². The molecule has 1 aliphatic rings. The molecule has 0 bridgehead atoms. The molecule has 0 unspecified atom stereocenters. The van der Waals surface area contributed by atoms with Crippen LogP contribution in [0.3, 0.4) is 0 Å². The van der Waals surface area contributed by atoms with Crippen molar-refractivity contribution in [2.24, 2.45) is 0 Å². The number of halogens is 5. The Hall–Kier alpha value is -5.27. The van der Waals surface area contributed by atoms with E-state index < -0.39 is 48.4 Å². The molecule has 2 aromatic carbocycles. The van der Waals surface area contributed by atoms with Crippen LogP contribution in [0, 0.1) is 11.6 Å². The molecule has 5 rings (SSSR count). The zero-order valence-corrected chi connectivity index (χ0v) is 20.7. The zero-order chi connectivity index (χ0) is 29.3. The summed E-state index contributed by atoms with van der Waals surface area (Å²) >= 11 is 0. The van der Waals surface area contributed by atoms with Crippen LogP contribution in [0.15, 0.2) is 77.9 Å². The number of urea groups is 1. The Morgan fingerprint density at radius 2 is 1.78 bits per heavy atom. The molecule has 3 amide bonds. The van der Waals surface area contributed by atoms with Gasteiger partial charge in [0.05, 0.1) is 12.1 Å². The molecule has 2 N–H and O–H groups in total. The van der Waals surface area contributed by atoms with Gasteiger partial charge in [0.25, 0.3) is 11.5 Å². The second-order valence-corrected chi connectivity index (χ2v) is 8.81. The maximum absolute atomic E-state index is 15.0. The van der Waals surface area contributed by atoms with Crippen LogP contribution in [0.2, 0.25) is 0 Å². The third-order valence-electron chi connectivity index (χ3n) is 5.95. The lowest BCUT2D eigenvalue weighted by Gasteiger charge is -2.30. The molecular formula is C27H18F5N5O4. The minimum atomic E-state index is -4.64. The number of aromatic nitrogens is 2. The number of pyridine rings is 2. The molecule has 0 spiro atoms. The van der Waals surface area contributed by atoms with Crippen LogP contribution in [0.5, 0.6) is 11.5 Å². The second kappa shape index (κ2) is 10.7. The molecule has 210 valence electrons. The van der Waals surface area contributed by atoms with Crippen molar-refractivity contribution >= 4 is 23.4 Å². The highest BCUT2D eigenvalue weighted by Crippen LogP contribution is 2.35. The maximum atomic E-state index is 15.0. The van der Waals surface area contributed by atoms with Gasteiger partial charge in [-0.3, -0.25) is 19.5 Å². The van der Waals surface area contributed by atoms with E-state index in [1.807, 2.05) is 0 Å². The van der Waals surface area contributed by atoms with Gasteiger partial charge in [-0.2, -0.15) is 13.2 Å². The molecule has 0 atom stereocenters. The number of nitrogens with one attached hydrogen (secondary N) is 2. The SMILES string of the molecule is O=C(Nc1ccc(Oc2ccnc3c2CN(CC(F)(F)F)C(=O)N3)c(F)c1)c1cccn(-c2ccc(F)cc2)c1=O. The normalized spacial score (nSPS) is 12.9. The third kappa shape index (κ3) is 6.00. The van der Waals surface area contributed by atoms with Crippen LogP contribution in [0.1, 0.15) is 15.9 Å². The van der Waals surface area contributed by atoms with Gasteiger partial charge in [0.1, 0.15) is 29.5 Å². The van der Waals surface area contributed by atoms with Gasteiger partial charge in [0.15, 0.2) is 11.6 Å². The summed E-state index contributed by atoms with van der Waals surface area (Å²) in [7, 11) is 0.